The molecule has 0 spiro atoms. The van der Waals surface area contributed by atoms with Gasteiger partial charge in [0.1, 0.15) is 5.60 Å². The summed E-state index contributed by atoms with van der Waals surface area (Å²) in [5, 5.41) is 4.85. The van der Waals surface area contributed by atoms with Crippen molar-refractivity contribution in [1.29, 1.82) is 0 Å². The van der Waals surface area contributed by atoms with Crippen LogP contribution in [0.3, 0.4) is 0 Å². The summed E-state index contributed by atoms with van der Waals surface area (Å²) in [6.07, 6.45) is 1.09. The predicted octanol–water partition coefficient (Wildman–Crippen LogP) is 3.16. The molecule has 0 saturated carbocycles. The fourth-order valence-corrected chi connectivity index (χ4v) is 1.87. The number of halogens is 1. The number of aromatic nitrogens is 2. The van der Waals surface area contributed by atoms with Crippen molar-refractivity contribution < 1.29 is 9.53 Å². The van der Waals surface area contributed by atoms with Gasteiger partial charge in [0.25, 0.3) is 0 Å². The molecule has 0 bridgehead atoms. The summed E-state index contributed by atoms with van der Waals surface area (Å²) in [5.41, 5.74) is 6.42. The lowest BCUT2D eigenvalue weighted by molar-refractivity contribution is 0.0523. The van der Waals surface area contributed by atoms with Gasteiger partial charge in [-0.15, -0.1) is 0 Å². The normalized spacial score (nSPS) is 11.8. The Morgan fingerprint density at radius 1 is 1.44 bits per heavy atom. The molecule has 0 atom stereocenters. The molecule has 1 aromatic carbocycles. The van der Waals surface area contributed by atoms with E-state index < -0.39 is 11.7 Å². The first-order valence-electron chi connectivity index (χ1n) is 5.44. The maximum atomic E-state index is 12.0. The Labute approximate surface area is 113 Å². The van der Waals surface area contributed by atoms with Gasteiger partial charge < -0.3 is 10.5 Å². The van der Waals surface area contributed by atoms with Crippen LogP contribution < -0.4 is 5.73 Å². The molecule has 0 radical (unpaired) electrons. The Bertz CT molecular complexity index is 614. The van der Waals surface area contributed by atoms with Gasteiger partial charge in [-0.2, -0.15) is 9.78 Å². The Morgan fingerprint density at radius 2 is 2.11 bits per heavy atom. The van der Waals surface area contributed by atoms with E-state index >= 15 is 0 Å². The number of nitrogen functional groups attached to an aromatic ring is 1. The van der Waals surface area contributed by atoms with E-state index in [-0.39, 0.29) is 0 Å². The quantitative estimate of drug-likeness (QED) is 0.759. The molecule has 6 heteroatoms. The van der Waals surface area contributed by atoms with Gasteiger partial charge in [0.2, 0.25) is 0 Å². The second-order valence-corrected chi connectivity index (χ2v) is 5.82. The number of hydrogen-bond donors (Lipinski definition) is 1. The number of ether oxygens (including phenoxy) is 1. The van der Waals surface area contributed by atoms with Gasteiger partial charge in [-0.25, -0.2) is 4.79 Å². The number of benzene rings is 1. The van der Waals surface area contributed by atoms with Crippen LogP contribution in [0.2, 0.25) is 0 Å². The number of hydrogen-bond acceptors (Lipinski definition) is 4. The van der Waals surface area contributed by atoms with Gasteiger partial charge in [-0.1, -0.05) is 0 Å². The molecule has 0 fully saturated rings. The molecule has 0 aliphatic heterocycles. The van der Waals surface area contributed by atoms with E-state index in [0.717, 1.165) is 9.86 Å². The third-order valence-corrected chi connectivity index (χ3v) is 2.94. The van der Waals surface area contributed by atoms with Crippen LogP contribution in [-0.4, -0.2) is 21.5 Å². The molecular weight excluding hydrogens is 298 g/mol. The second-order valence-electron chi connectivity index (χ2n) is 4.97. The lowest BCUT2D eigenvalue weighted by Crippen LogP contribution is -2.27. The molecule has 96 valence electrons. The molecule has 18 heavy (non-hydrogen) atoms. The first kappa shape index (κ1) is 12.9. The highest BCUT2D eigenvalue weighted by atomic mass is 79.9. The lowest BCUT2D eigenvalue weighted by atomic mass is 10.2. The number of carbonyl (C=O) groups excluding carboxylic acids is 1. The van der Waals surface area contributed by atoms with Crippen LogP contribution in [0, 0.1) is 0 Å². The number of fused-ring (bicyclic) bond motifs is 1. The molecule has 1 heterocycles. The third-order valence-electron chi connectivity index (χ3n) is 2.25. The van der Waals surface area contributed by atoms with Gasteiger partial charge in [0, 0.05) is 15.5 Å². The monoisotopic (exact) mass is 311 g/mol. The number of nitrogens with two attached hydrogens (primary N) is 1. The highest BCUT2D eigenvalue weighted by Gasteiger charge is 2.20. The highest BCUT2D eigenvalue weighted by molar-refractivity contribution is 9.10. The zero-order valence-corrected chi connectivity index (χ0v) is 12.0. The summed E-state index contributed by atoms with van der Waals surface area (Å²) in [7, 11) is 0. The molecule has 0 saturated heterocycles. The van der Waals surface area contributed by atoms with Gasteiger partial charge >= 0.3 is 6.09 Å². The topological polar surface area (TPSA) is 70.1 Å². The SMILES string of the molecule is CC(C)(C)OC(=O)n1ncc2cc(Br)c(N)cc21. The third kappa shape index (κ3) is 2.48. The smallest absolute Gasteiger partial charge is 0.435 e. The highest BCUT2D eigenvalue weighted by Crippen LogP contribution is 2.26. The van der Waals surface area contributed by atoms with E-state index in [2.05, 4.69) is 21.0 Å². The summed E-state index contributed by atoms with van der Waals surface area (Å²) >= 11 is 3.33. The van der Waals surface area contributed by atoms with Gasteiger partial charge in [-0.3, -0.25) is 0 Å². The number of anilines is 1. The minimum Gasteiger partial charge on any atom is -0.442 e. The van der Waals surface area contributed by atoms with Crippen molar-refractivity contribution in [3.8, 4) is 0 Å². The number of nitrogens with zero attached hydrogens (tertiary/aromatic N) is 2. The van der Waals surface area contributed by atoms with Crippen LogP contribution in [0.5, 0.6) is 0 Å². The molecule has 2 aromatic rings. The van der Waals surface area contributed by atoms with Crippen LogP contribution >= 0.6 is 15.9 Å². The van der Waals surface area contributed by atoms with Crippen molar-refractivity contribution in [2.45, 2.75) is 26.4 Å². The molecule has 1 aromatic heterocycles. The van der Waals surface area contributed by atoms with Gasteiger partial charge in [-0.05, 0) is 48.8 Å². The molecule has 0 aliphatic carbocycles. The maximum absolute atomic E-state index is 12.0. The second kappa shape index (κ2) is 4.28. The molecule has 2 N–H and O–H groups in total. The maximum Gasteiger partial charge on any atom is 0.435 e. The average molecular weight is 312 g/mol. The summed E-state index contributed by atoms with van der Waals surface area (Å²) in [5.74, 6) is 0. The van der Waals surface area contributed by atoms with E-state index in [9.17, 15) is 4.79 Å². The summed E-state index contributed by atoms with van der Waals surface area (Å²) < 4.78 is 7.26. The predicted molar refractivity (Wildman–Crippen MR) is 73.5 cm³/mol. The molecule has 2 rings (SSSR count). The summed E-state index contributed by atoms with van der Waals surface area (Å²) in [6, 6.07) is 3.51. The van der Waals surface area contributed by atoms with Crippen molar-refractivity contribution in [1.82, 2.24) is 9.78 Å². The van der Waals surface area contributed by atoms with E-state index in [1.807, 2.05) is 26.8 Å². The lowest BCUT2D eigenvalue weighted by Gasteiger charge is -2.19. The molecular formula is C12H14BrN3O2. The van der Waals surface area contributed by atoms with Crippen LogP contribution in [0.15, 0.2) is 22.8 Å². The minimum absolute atomic E-state index is 0.515. The first-order chi connectivity index (χ1) is 8.28. The Morgan fingerprint density at radius 3 is 2.72 bits per heavy atom. The Kier molecular flexibility index (Phi) is 3.06. The fourth-order valence-electron chi connectivity index (χ4n) is 1.51. The Hall–Kier alpha value is -1.56. The zero-order chi connectivity index (χ0) is 13.5. The van der Waals surface area contributed by atoms with Crippen molar-refractivity contribution in [2.24, 2.45) is 0 Å². The van der Waals surface area contributed by atoms with Crippen molar-refractivity contribution in [3.63, 3.8) is 0 Å². The van der Waals surface area contributed by atoms with Crippen LogP contribution in [0.25, 0.3) is 10.9 Å². The fraction of sp³-hybridized carbons (Fsp3) is 0.333. The van der Waals surface area contributed by atoms with E-state index in [4.69, 9.17) is 10.5 Å². The van der Waals surface area contributed by atoms with Crippen molar-refractivity contribution in [2.75, 3.05) is 5.73 Å². The molecule has 5 nitrogen and oxygen atoms in total. The van der Waals surface area contributed by atoms with E-state index in [0.29, 0.717) is 11.2 Å². The van der Waals surface area contributed by atoms with Crippen molar-refractivity contribution in [3.05, 3.63) is 22.8 Å². The largest absolute Gasteiger partial charge is 0.442 e. The van der Waals surface area contributed by atoms with Crippen LogP contribution in [0.1, 0.15) is 20.8 Å². The van der Waals surface area contributed by atoms with E-state index in [1.54, 1.807) is 12.3 Å². The Balaban J connectivity index is 2.46. The van der Waals surface area contributed by atoms with E-state index in [1.165, 1.54) is 4.68 Å². The molecule has 0 unspecified atom stereocenters. The zero-order valence-electron chi connectivity index (χ0n) is 10.4. The standard InChI is InChI=1S/C12H14BrN3O2/c1-12(2,3)18-11(17)16-10-5-9(14)8(13)4-7(10)6-15-16/h4-6H,14H2,1-3H3. The summed E-state index contributed by atoms with van der Waals surface area (Å²) in [6.45, 7) is 5.42. The number of rotatable bonds is 0. The van der Waals surface area contributed by atoms with Crippen LogP contribution in [0.4, 0.5) is 10.5 Å². The van der Waals surface area contributed by atoms with Gasteiger partial charge in [0.15, 0.2) is 0 Å². The first-order valence-corrected chi connectivity index (χ1v) is 6.23. The van der Waals surface area contributed by atoms with Gasteiger partial charge in [0.05, 0.1) is 11.7 Å². The molecule has 0 aliphatic rings. The van der Waals surface area contributed by atoms with Crippen LogP contribution in [-0.2, 0) is 4.74 Å². The van der Waals surface area contributed by atoms with Crippen molar-refractivity contribution >= 4 is 38.6 Å². The molecule has 0 amide bonds. The summed E-state index contributed by atoms with van der Waals surface area (Å²) in [4.78, 5) is 12.0. The number of carbonyl (C=O) groups is 1. The average Bonchev–Trinajstić information content (AvgIpc) is 2.59. The minimum atomic E-state index is -0.559.